The van der Waals surface area contributed by atoms with E-state index in [1.165, 1.54) is 49.7 Å². The van der Waals surface area contributed by atoms with Gasteiger partial charge < -0.3 is 5.32 Å². The van der Waals surface area contributed by atoms with Gasteiger partial charge in [0.15, 0.2) is 0 Å². The summed E-state index contributed by atoms with van der Waals surface area (Å²) in [4.78, 5) is 0. The first kappa shape index (κ1) is 14.6. The van der Waals surface area contributed by atoms with Crippen LogP contribution in [-0.4, -0.2) is 12.1 Å². The normalized spacial score (nSPS) is 25.2. The van der Waals surface area contributed by atoms with Crippen LogP contribution in [0.2, 0.25) is 0 Å². The maximum atomic E-state index is 3.83. The monoisotopic (exact) mass is 259 g/mol. The summed E-state index contributed by atoms with van der Waals surface area (Å²) < 4.78 is 0. The van der Waals surface area contributed by atoms with E-state index in [2.05, 4.69) is 50.4 Å². The first-order chi connectivity index (χ1) is 9.13. The smallest absolute Gasteiger partial charge is 0.00720 e. The Morgan fingerprint density at radius 3 is 2.89 bits per heavy atom. The van der Waals surface area contributed by atoms with E-state index in [0.717, 1.165) is 12.0 Å². The van der Waals surface area contributed by atoms with Crippen molar-refractivity contribution < 1.29 is 0 Å². The molecule has 1 saturated carbocycles. The predicted molar refractivity (Wildman–Crippen MR) is 83.5 cm³/mol. The lowest BCUT2D eigenvalue weighted by Gasteiger charge is -2.30. The summed E-state index contributed by atoms with van der Waals surface area (Å²) >= 11 is 0. The molecule has 0 saturated heterocycles. The number of aryl methyl sites for hydroxylation is 2. The second-order valence-corrected chi connectivity index (χ2v) is 6.56. The summed E-state index contributed by atoms with van der Waals surface area (Å²) in [5, 5.41) is 3.83. The summed E-state index contributed by atoms with van der Waals surface area (Å²) in [6, 6.07) is 10.3. The molecule has 0 aromatic heterocycles. The lowest BCUT2D eigenvalue weighted by Crippen LogP contribution is -2.39. The minimum absolute atomic E-state index is 0.635. The van der Waals surface area contributed by atoms with Crippen LogP contribution >= 0.6 is 0 Å². The van der Waals surface area contributed by atoms with E-state index in [-0.39, 0.29) is 0 Å². The van der Waals surface area contributed by atoms with E-state index in [9.17, 15) is 0 Å². The highest BCUT2D eigenvalue weighted by Crippen LogP contribution is 2.24. The Kier molecular flexibility index (Phi) is 5.45. The molecular formula is C18H29N. The first-order valence-corrected chi connectivity index (χ1v) is 7.95. The third kappa shape index (κ3) is 4.99. The predicted octanol–water partition coefficient (Wildman–Crippen LogP) is 4.48. The number of rotatable bonds is 5. The molecule has 1 aromatic carbocycles. The third-order valence-electron chi connectivity index (χ3n) is 4.41. The maximum Gasteiger partial charge on any atom is 0.00720 e. The van der Waals surface area contributed by atoms with Gasteiger partial charge in [0.2, 0.25) is 0 Å². The lowest BCUT2D eigenvalue weighted by atomic mass is 9.86. The van der Waals surface area contributed by atoms with Crippen molar-refractivity contribution in [2.45, 2.75) is 71.4 Å². The molecule has 1 fully saturated rings. The van der Waals surface area contributed by atoms with Crippen molar-refractivity contribution in [3.05, 3.63) is 35.4 Å². The fraction of sp³-hybridized carbons (Fsp3) is 0.667. The molecule has 3 atom stereocenters. The third-order valence-corrected chi connectivity index (χ3v) is 4.41. The number of hydrogen-bond acceptors (Lipinski definition) is 1. The van der Waals surface area contributed by atoms with Gasteiger partial charge in [-0.2, -0.15) is 0 Å². The second kappa shape index (κ2) is 7.09. The van der Waals surface area contributed by atoms with Crippen LogP contribution in [0.15, 0.2) is 24.3 Å². The minimum atomic E-state index is 0.635. The molecule has 0 bridgehead atoms. The molecule has 2 rings (SSSR count). The van der Waals surface area contributed by atoms with E-state index in [4.69, 9.17) is 0 Å². The van der Waals surface area contributed by atoms with Crippen LogP contribution in [0.25, 0.3) is 0 Å². The molecule has 0 radical (unpaired) electrons. The average molecular weight is 259 g/mol. The maximum absolute atomic E-state index is 3.83. The van der Waals surface area contributed by atoms with Crippen LogP contribution in [0.3, 0.4) is 0 Å². The Labute approximate surface area is 118 Å². The largest absolute Gasteiger partial charge is 0.311 e. The van der Waals surface area contributed by atoms with Gasteiger partial charge in [0.1, 0.15) is 0 Å². The van der Waals surface area contributed by atoms with E-state index in [1.807, 2.05) is 0 Å². The van der Waals surface area contributed by atoms with Crippen LogP contribution in [0.1, 0.15) is 57.1 Å². The van der Waals surface area contributed by atoms with Gasteiger partial charge in [-0.05, 0) is 51.0 Å². The lowest BCUT2D eigenvalue weighted by molar-refractivity contribution is 0.280. The molecule has 0 spiro atoms. The number of benzene rings is 1. The Bertz CT molecular complexity index is 385. The molecule has 1 aliphatic carbocycles. The fourth-order valence-corrected chi connectivity index (χ4v) is 3.32. The van der Waals surface area contributed by atoms with Gasteiger partial charge in [0.05, 0.1) is 0 Å². The molecule has 0 aliphatic heterocycles. The highest BCUT2D eigenvalue weighted by atomic mass is 14.9. The average Bonchev–Trinajstić information content (AvgIpc) is 2.36. The summed E-state index contributed by atoms with van der Waals surface area (Å²) in [6.07, 6.45) is 8.01. The topological polar surface area (TPSA) is 12.0 Å². The van der Waals surface area contributed by atoms with Gasteiger partial charge in [-0.15, -0.1) is 0 Å². The van der Waals surface area contributed by atoms with Crippen LogP contribution in [0, 0.1) is 12.8 Å². The van der Waals surface area contributed by atoms with Gasteiger partial charge in [-0.1, -0.05) is 49.6 Å². The molecule has 19 heavy (non-hydrogen) atoms. The quantitative estimate of drug-likeness (QED) is 0.822. The van der Waals surface area contributed by atoms with E-state index < -0.39 is 0 Å². The van der Waals surface area contributed by atoms with Gasteiger partial charge >= 0.3 is 0 Å². The van der Waals surface area contributed by atoms with Gasteiger partial charge in [0, 0.05) is 12.1 Å². The van der Waals surface area contributed by atoms with Crippen LogP contribution in [-0.2, 0) is 6.42 Å². The molecule has 0 amide bonds. The van der Waals surface area contributed by atoms with Crippen LogP contribution in [0.4, 0.5) is 0 Å². The zero-order valence-electron chi connectivity index (χ0n) is 12.8. The van der Waals surface area contributed by atoms with Crippen molar-refractivity contribution >= 4 is 0 Å². The molecule has 1 nitrogen and oxygen atoms in total. The highest BCUT2D eigenvalue weighted by molar-refractivity contribution is 5.22. The molecule has 0 heterocycles. The Morgan fingerprint density at radius 2 is 2.16 bits per heavy atom. The zero-order chi connectivity index (χ0) is 13.7. The number of nitrogens with one attached hydrogen (secondary N) is 1. The Balaban J connectivity index is 1.73. The summed E-state index contributed by atoms with van der Waals surface area (Å²) in [7, 11) is 0. The van der Waals surface area contributed by atoms with Crippen LogP contribution in [0.5, 0.6) is 0 Å². The molecule has 3 unspecified atom stereocenters. The van der Waals surface area contributed by atoms with Crippen molar-refractivity contribution in [1.82, 2.24) is 5.32 Å². The highest BCUT2D eigenvalue weighted by Gasteiger charge is 2.19. The van der Waals surface area contributed by atoms with Crippen molar-refractivity contribution in [1.29, 1.82) is 0 Å². The van der Waals surface area contributed by atoms with Crippen LogP contribution < -0.4 is 5.32 Å². The van der Waals surface area contributed by atoms with Gasteiger partial charge in [0.25, 0.3) is 0 Å². The Morgan fingerprint density at radius 1 is 1.32 bits per heavy atom. The fourth-order valence-electron chi connectivity index (χ4n) is 3.32. The molecule has 1 aliphatic rings. The Hall–Kier alpha value is -0.820. The standard InChI is InChI=1S/C18H29N/c1-14-6-4-8-17(12-14)11-10-16(3)19-18-9-5-7-15(2)13-18/h4,6,8,12,15-16,18-19H,5,7,9-11,13H2,1-3H3. The molecular weight excluding hydrogens is 230 g/mol. The molecule has 1 aromatic rings. The van der Waals surface area contributed by atoms with Crippen molar-refractivity contribution in [3.8, 4) is 0 Å². The summed E-state index contributed by atoms with van der Waals surface area (Å²) in [6.45, 7) is 6.91. The summed E-state index contributed by atoms with van der Waals surface area (Å²) in [5.74, 6) is 0.912. The second-order valence-electron chi connectivity index (χ2n) is 6.56. The molecule has 1 heteroatoms. The van der Waals surface area contributed by atoms with Crippen molar-refractivity contribution in [2.75, 3.05) is 0 Å². The molecule has 1 N–H and O–H groups in total. The first-order valence-electron chi connectivity index (χ1n) is 7.95. The van der Waals surface area contributed by atoms with Crippen molar-refractivity contribution in [2.24, 2.45) is 5.92 Å². The van der Waals surface area contributed by atoms with Crippen molar-refractivity contribution in [3.63, 3.8) is 0 Å². The van der Waals surface area contributed by atoms with Gasteiger partial charge in [-0.3, -0.25) is 0 Å². The molecule has 106 valence electrons. The zero-order valence-corrected chi connectivity index (χ0v) is 12.8. The SMILES string of the molecule is Cc1cccc(CCC(C)NC2CCCC(C)C2)c1. The minimum Gasteiger partial charge on any atom is -0.311 e. The summed E-state index contributed by atoms with van der Waals surface area (Å²) in [5.41, 5.74) is 2.85. The van der Waals surface area contributed by atoms with Gasteiger partial charge in [-0.25, -0.2) is 0 Å². The van der Waals surface area contributed by atoms with E-state index in [1.54, 1.807) is 0 Å². The number of hydrogen-bond donors (Lipinski definition) is 1. The van der Waals surface area contributed by atoms with E-state index >= 15 is 0 Å². The van der Waals surface area contributed by atoms with E-state index in [0.29, 0.717) is 6.04 Å².